The Morgan fingerprint density at radius 1 is 1.07 bits per heavy atom. The Morgan fingerprint density at radius 2 is 1.73 bits per heavy atom. The van der Waals surface area contributed by atoms with Crippen molar-refractivity contribution in [2.75, 3.05) is 33.7 Å². The van der Waals surface area contributed by atoms with Gasteiger partial charge in [-0.05, 0) is 13.5 Å². The molecule has 0 saturated carbocycles. The zero-order chi connectivity index (χ0) is 10.6. The fraction of sp³-hybridized carbons (Fsp3) is 0.818. The van der Waals surface area contributed by atoms with Gasteiger partial charge in [-0.3, -0.25) is 14.5 Å². The normalized spacial score (nSPS) is 21.1. The summed E-state index contributed by atoms with van der Waals surface area (Å²) in [5.74, 6) is 0.669. The quantitative estimate of drug-likeness (QED) is 0.598. The molecule has 0 aromatic heterocycles. The average molecular weight is 214 g/mol. The van der Waals surface area contributed by atoms with Gasteiger partial charge in [-0.25, -0.2) is 0 Å². The Hall–Kier alpha value is -0.900. The summed E-state index contributed by atoms with van der Waals surface area (Å²) in [7, 11) is 3.81. The van der Waals surface area contributed by atoms with E-state index in [9.17, 15) is 9.59 Å². The van der Waals surface area contributed by atoms with E-state index in [1.165, 1.54) is 0 Å². The number of rotatable bonds is 0. The monoisotopic (exact) mass is 214 g/mol. The van der Waals surface area contributed by atoms with Crippen molar-refractivity contribution in [1.29, 1.82) is 0 Å². The van der Waals surface area contributed by atoms with Crippen molar-refractivity contribution >= 4 is 11.7 Å². The largest absolute Gasteiger partial charge is 0.346 e. The van der Waals surface area contributed by atoms with Gasteiger partial charge in [-0.15, -0.1) is 0 Å². The molecule has 2 aliphatic rings. The average Bonchev–Trinajstić information content (AvgIpc) is 2.65. The second-order valence-electron chi connectivity index (χ2n) is 3.95. The lowest BCUT2D eigenvalue weighted by atomic mass is 10.4. The number of Topliss-reactive ketones (excluding diaryl/α,β-unsaturated/α-hetero) is 1. The fourth-order valence-electron chi connectivity index (χ4n) is 1.56. The summed E-state index contributed by atoms with van der Waals surface area (Å²) in [5, 5.41) is 0. The summed E-state index contributed by atoms with van der Waals surface area (Å²) < 4.78 is 0. The van der Waals surface area contributed by atoms with Gasteiger partial charge in [0.15, 0.2) is 0 Å². The van der Waals surface area contributed by atoms with Gasteiger partial charge >= 0.3 is 0 Å². The third kappa shape index (κ3) is 4.93. The Bertz CT molecular complexity index is 229. The van der Waals surface area contributed by atoms with Crippen molar-refractivity contribution in [2.24, 2.45) is 0 Å². The second-order valence-corrected chi connectivity index (χ2v) is 3.95. The smallest absolute Gasteiger partial charge is 0.222 e. The molecule has 88 valence electrons. The van der Waals surface area contributed by atoms with E-state index in [1.807, 2.05) is 19.0 Å². The number of ketones is 1. The zero-order valence-electron chi connectivity index (χ0n) is 8.95. The number of amides is 1. The first-order valence-corrected chi connectivity index (χ1v) is 5.04. The van der Waals surface area contributed by atoms with E-state index < -0.39 is 0 Å². The molecule has 0 bridgehead atoms. The molecule has 0 spiro atoms. The lowest BCUT2D eigenvalue weighted by Crippen LogP contribution is -2.17. The van der Waals surface area contributed by atoms with E-state index in [4.69, 9.17) is 0 Å². The van der Waals surface area contributed by atoms with Crippen molar-refractivity contribution in [3.05, 3.63) is 0 Å². The number of hydrogen-bond donors (Lipinski definition) is 0. The lowest BCUT2D eigenvalue weighted by Gasteiger charge is -2.03. The molecule has 0 aliphatic carbocycles. The Balaban J connectivity index is 0.000000245. The van der Waals surface area contributed by atoms with Crippen LogP contribution in [0.15, 0.2) is 0 Å². The van der Waals surface area contributed by atoms with E-state index in [0.29, 0.717) is 18.2 Å². The highest BCUT2D eigenvalue weighted by molar-refractivity contribution is 5.82. The minimum absolute atomic E-state index is 0. The maximum Gasteiger partial charge on any atom is 0.222 e. The van der Waals surface area contributed by atoms with Crippen LogP contribution in [0.4, 0.5) is 0 Å². The van der Waals surface area contributed by atoms with E-state index in [0.717, 1.165) is 32.4 Å². The van der Waals surface area contributed by atoms with Crippen LogP contribution in [-0.2, 0) is 9.59 Å². The third-order valence-electron chi connectivity index (χ3n) is 2.53. The molecule has 15 heavy (non-hydrogen) atoms. The van der Waals surface area contributed by atoms with E-state index in [-0.39, 0.29) is 7.43 Å². The molecule has 4 heteroatoms. The summed E-state index contributed by atoms with van der Waals surface area (Å²) in [6.07, 6.45) is 2.57. The summed E-state index contributed by atoms with van der Waals surface area (Å²) in [5.41, 5.74) is 0. The highest BCUT2D eigenvalue weighted by Crippen LogP contribution is 2.04. The molecule has 2 saturated heterocycles. The van der Waals surface area contributed by atoms with Gasteiger partial charge in [-0.1, -0.05) is 7.43 Å². The molecule has 2 fully saturated rings. The van der Waals surface area contributed by atoms with Crippen LogP contribution in [0.1, 0.15) is 26.7 Å². The first kappa shape index (κ1) is 14.1. The van der Waals surface area contributed by atoms with Gasteiger partial charge in [0.25, 0.3) is 0 Å². The standard InChI is InChI=1S/2C5H9NO.CH4/c1-6-3-2-5(7)4-6;1-6-4-2-3-5(6)7;/h2*2-4H2,1H3;1H4. The highest BCUT2D eigenvalue weighted by atomic mass is 16.2. The van der Waals surface area contributed by atoms with E-state index >= 15 is 0 Å². The van der Waals surface area contributed by atoms with Crippen LogP contribution in [0.3, 0.4) is 0 Å². The first-order valence-electron chi connectivity index (χ1n) is 5.04. The molecular weight excluding hydrogens is 192 g/mol. The summed E-state index contributed by atoms with van der Waals surface area (Å²) in [6, 6.07) is 0. The first-order chi connectivity index (χ1) is 6.59. The van der Waals surface area contributed by atoms with E-state index in [1.54, 1.807) is 4.90 Å². The molecular formula is C11H22N2O2. The SMILES string of the molecule is C.CN1CCC(=O)C1.CN1CCCC1=O. The molecule has 0 radical (unpaired) electrons. The van der Waals surface area contributed by atoms with Gasteiger partial charge < -0.3 is 4.90 Å². The van der Waals surface area contributed by atoms with Crippen LogP contribution in [0.5, 0.6) is 0 Å². The number of carbonyl (C=O) groups excluding carboxylic acids is 2. The van der Waals surface area contributed by atoms with Crippen molar-refractivity contribution in [3.8, 4) is 0 Å². The van der Waals surface area contributed by atoms with Crippen LogP contribution in [-0.4, -0.2) is 55.2 Å². The Kier molecular flexibility index (Phi) is 6.17. The van der Waals surface area contributed by atoms with Gasteiger partial charge in [0, 0.05) is 33.0 Å². The van der Waals surface area contributed by atoms with Crippen molar-refractivity contribution < 1.29 is 9.59 Å². The lowest BCUT2D eigenvalue weighted by molar-refractivity contribution is -0.126. The predicted molar refractivity (Wildman–Crippen MR) is 60.7 cm³/mol. The minimum atomic E-state index is 0. The molecule has 4 nitrogen and oxygen atoms in total. The number of carbonyl (C=O) groups is 2. The van der Waals surface area contributed by atoms with Gasteiger partial charge in [0.05, 0.1) is 6.54 Å². The maximum atomic E-state index is 10.5. The van der Waals surface area contributed by atoms with Crippen molar-refractivity contribution in [1.82, 2.24) is 9.80 Å². The van der Waals surface area contributed by atoms with E-state index in [2.05, 4.69) is 0 Å². The summed E-state index contributed by atoms with van der Waals surface area (Å²) in [4.78, 5) is 24.7. The molecule has 1 amide bonds. The topological polar surface area (TPSA) is 40.6 Å². The molecule has 0 atom stereocenters. The summed E-state index contributed by atoms with van der Waals surface area (Å²) >= 11 is 0. The molecule has 0 N–H and O–H groups in total. The molecule has 2 heterocycles. The van der Waals surface area contributed by atoms with Gasteiger partial charge in [-0.2, -0.15) is 0 Å². The summed E-state index contributed by atoms with van der Waals surface area (Å²) in [6.45, 7) is 2.58. The minimum Gasteiger partial charge on any atom is -0.346 e. The molecule has 2 rings (SSSR count). The Labute approximate surface area is 92.2 Å². The van der Waals surface area contributed by atoms with Crippen LogP contribution >= 0.6 is 0 Å². The maximum absolute atomic E-state index is 10.5. The number of nitrogens with zero attached hydrogens (tertiary/aromatic N) is 2. The molecule has 0 aromatic rings. The number of likely N-dealkylation sites (tertiary alicyclic amines) is 2. The molecule has 0 aromatic carbocycles. The third-order valence-corrected chi connectivity index (χ3v) is 2.53. The van der Waals surface area contributed by atoms with Gasteiger partial charge in [0.1, 0.15) is 5.78 Å². The zero-order valence-corrected chi connectivity index (χ0v) is 8.95. The van der Waals surface area contributed by atoms with Crippen LogP contribution in [0.2, 0.25) is 0 Å². The number of hydrogen-bond acceptors (Lipinski definition) is 3. The Morgan fingerprint density at radius 3 is 1.87 bits per heavy atom. The van der Waals surface area contributed by atoms with Crippen molar-refractivity contribution in [3.63, 3.8) is 0 Å². The second kappa shape index (κ2) is 6.56. The van der Waals surface area contributed by atoms with Crippen molar-refractivity contribution in [2.45, 2.75) is 26.7 Å². The van der Waals surface area contributed by atoms with Gasteiger partial charge in [0.2, 0.25) is 5.91 Å². The van der Waals surface area contributed by atoms with Crippen LogP contribution in [0, 0.1) is 0 Å². The highest BCUT2D eigenvalue weighted by Gasteiger charge is 2.14. The number of likely N-dealkylation sites (N-methyl/N-ethyl adjacent to an activating group) is 1. The molecule has 0 unspecified atom stereocenters. The van der Waals surface area contributed by atoms with Crippen LogP contribution < -0.4 is 0 Å². The molecule has 2 aliphatic heterocycles. The fourth-order valence-corrected chi connectivity index (χ4v) is 1.56. The predicted octanol–water partition coefficient (Wildman–Crippen LogP) is 0.766. The van der Waals surface area contributed by atoms with Crippen LogP contribution in [0.25, 0.3) is 0 Å².